The summed E-state index contributed by atoms with van der Waals surface area (Å²) >= 11 is 0. The van der Waals surface area contributed by atoms with Crippen molar-refractivity contribution in [2.24, 2.45) is 0 Å². The number of hydrogen-bond donors (Lipinski definition) is 1. The smallest absolute Gasteiger partial charge is 0.306 e. The van der Waals surface area contributed by atoms with Gasteiger partial charge in [0.2, 0.25) is 0 Å². The van der Waals surface area contributed by atoms with Gasteiger partial charge in [-0.05, 0) is 24.0 Å². The third-order valence-corrected chi connectivity index (χ3v) is 3.08. The molecule has 0 radical (unpaired) electrons. The lowest BCUT2D eigenvalue weighted by atomic mass is 9.95. The van der Waals surface area contributed by atoms with Crippen LogP contribution in [0.4, 0.5) is 0 Å². The quantitative estimate of drug-likeness (QED) is 0.708. The van der Waals surface area contributed by atoms with Crippen molar-refractivity contribution in [1.29, 1.82) is 0 Å². The van der Waals surface area contributed by atoms with E-state index >= 15 is 0 Å². The summed E-state index contributed by atoms with van der Waals surface area (Å²) < 4.78 is 5.00. The van der Waals surface area contributed by atoms with Crippen molar-refractivity contribution in [2.75, 3.05) is 6.61 Å². The van der Waals surface area contributed by atoms with Crippen molar-refractivity contribution in [1.82, 2.24) is 0 Å². The van der Waals surface area contributed by atoms with E-state index in [9.17, 15) is 14.7 Å². The number of ether oxygens (including phenoxy) is 1. The number of hydrogen-bond acceptors (Lipinski definition) is 4. The highest BCUT2D eigenvalue weighted by atomic mass is 16.5. The number of carbonyl (C=O) groups is 2. The minimum Gasteiger partial charge on any atom is -0.466 e. The first-order valence-electron chi connectivity index (χ1n) is 6.12. The van der Waals surface area contributed by atoms with Gasteiger partial charge in [-0.3, -0.25) is 9.59 Å². The summed E-state index contributed by atoms with van der Waals surface area (Å²) in [6, 6.07) is 7.19. The molecule has 4 nitrogen and oxygen atoms in total. The van der Waals surface area contributed by atoms with Gasteiger partial charge in [0.05, 0.1) is 6.61 Å². The van der Waals surface area contributed by atoms with Crippen LogP contribution in [0.1, 0.15) is 36.5 Å². The van der Waals surface area contributed by atoms with E-state index in [0.717, 1.165) is 5.56 Å². The lowest BCUT2D eigenvalue weighted by Crippen LogP contribution is -2.13. The van der Waals surface area contributed by atoms with Gasteiger partial charge >= 0.3 is 5.97 Å². The Labute approximate surface area is 106 Å². The molecule has 0 aromatic heterocycles. The molecule has 2 rings (SSSR count). The molecule has 18 heavy (non-hydrogen) atoms. The molecule has 1 heterocycles. The van der Waals surface area contributed by atoms with Crippen LogP contribution in [0, 0.1) is 0 Å². The molecule has 0 saturated heterocycles. The number of benzene rings is 1. The number of aryl methyl sites for hydroxylation is 1. The molecule has 1 aliphatic rings. The lowest BCUT2D eigenvalue weighted by molar-refractivity contribution is -0.144. The predicted octanol–water partition coefficient (Wildman–Crippen LogP) is 1.56. The summed E-state index contributed by atoms with van der Waals surface area (Å²) in [5.74, 6) is -0.478. The van der Waals surface area contributed by atoms with Gasteiger partial charge in [0.15, 0.2) is 5.78 Å². The topological polar surface area (TPSA) is 63.6 Å². The van der Waals surface area contributed by atoms with Crippen LogP contribution in [-0.4, -0.2) is 23.5 Å². The van der Waals surface area contributed by atoms with Gasteiger partial charge in [-0.15, -0.1) is 0 Å². The lowest BCUT2D eigenvalue weighted by Gasteiger charge is -2.13. The predicted molar refractivity (Wildman–Crippen MR) is 64.9 cm³/mol. The SMILES string of the molecule is O=C1CCc2ccccc2C(O)C(=O)CCCO1. The first-order valence-corrected chi connectivity index (χ1v) is 6.12. The van der Waals surface area contributed by atoms with Gasteiger partial charge in [0, 0.05) is 12.8 Å². The molecule has 0 aliphatic carbocycles. The fourth-order valence-corrected chi connectivity index (χ4v) is 2.08. The Bertz CT molecular complexity index is 453. The van der Waals surface area contributed by atoms with Crippen molar-refractivity contribution in [3.8, 4) is 0 Å². The molecular weight excluding hydrogens is 232 g/mol. The monoisotopic (exact) mass is 248 g/mol. The molecule has 0 fully saturated rings. The Morgan fingerprint density at radius 2 is 1.89 bits per heavy atom. The standard InChI is InChI=1S/C14H16O4/c15-12-6-3-9-18-13(16)8-7-10-4-1-2-5-11(10)14(12)17/h1-2,4-5,14,17H,3,6-9H2. The third kappa shape index (κ3) is 2.96. The number of rotatable bonds is 0. The molecule has 1 aliphatic heterocycles. The minimum atomic E-state index is -1.09. The van der Waals surface area contributed by atoms with E-state index in [4.69, 9.17) is 4.74 Å². The average Bonchev–Trinajstić information content (AvgIpc) is 2.41. The van der Waals surface area contributed by atoms with Gasteiger partial charge in [-0.2, -0.15) is 0 Å². The second-order valence-electron chi connectivity index (χ2n) is 4.39. The largest absolute Gasteiger partial charge is 0.466 e. The molecule has 0 bridgehead atoms. The zero-order valence-corrected chi connectivity index (χ0v) is 10.1. The van der Waals surface area contributed by atoms with E-state index in [-0.39, 0.29) is 31.2 Å². The average molecular weight is 248 g/mol. The second kappa shape index (κ2) is 5.78. The van der Waals surface area contributed by atoms with Crippen molar-refractivity contribution >= 4 is 11.8 Å². The zero-order chi connectivity index (χ0) is 13.0. The Hall–Kier alpha value is -1.68. The maximum atomic E-state index is 11.8. The molecule has 1 unspecified atom stereocenters. The molecule has 1 aromatic rings. The molecule has 0 saturated carbocycles. The maximum absolute atomic E-state index is 11.8. The van der Waals surface area contributed by atoms with Crippen molar-refractivity contribution < 1.29 is 19.4 Å². The number of esters is 1. The fraction of sp³-hybridized carbons (Fsp3) is 0.429. The first kappa shape index (κ1) is 12.8. The van der Waals surface area contributed by atoms with Crippen LogP contribution in [0.5, 0.6) is 0 Å². The van der Waals surface area contributed by atoms with Crippen molar-refractivity contribution in [3.05, 3.63) is 35.4 Å². The normalized spacial score (nSPS) is 21.7. The fourth-order valence-electron chi connectivity index (χ4n) is 2.08. The molecule has 4 heteroatoms. The summed E-state index contributed by atoms with van der Waals surface area (Å²) in [6.07, 6.45) is 0.360. The van der Waals surface area contributed by atoms with Gasteiger partial charge in [0.25, 0.3) is 0 Å². The Morgan fingerprint density at radius 1 is 1.11 bits per heavy atom. The third-order valence-electron chi connectivity index (χ3n) is 3.08. The molecule has 0 spiro atoms. The van der Waals surface area contributed by atoms with Gasteiger partial charge in [0.1, 0.15) is 6.10 Å². The van der Waals surface area contributed by atoms with Crippen molar-refractivity contribution in [2.45, 2.75) is 31.8 Å². The summed E-state index contributed by atoms with van der Waals surface area (Å²) in [4.78, 5) is 23.2. The van der Waals surface area contributed by atoms with Crippen LogP contribution in [0.3, 0.4) is 0 Å². The summed E-state index contributed by atoms with van der Waals surface area (Å²) in [5, 5.41) is 10.0. The van der Waals surface area contributed by atoms with E-state index in [0.29, 0.717) is 18.4 Å². The summed E-state index contributed by atoms with van der Waals surface area (Å²) in [6.45, 7) is 0.244. The Kier molecular flexibility index (Phi) is 4.10. The highest BCUT2D eigenvalue weighted by Crippen LogP contribution is 2.22. The highest BCUT2D eigenvalue weighted by Gasteiger charge is 2.21. The van der Waals surface area contributed by atoms with Crippen molar-refractivity contribution in [3.63, 3.8) is 0 Å². The molecule has 0 amide bonds. The zero-order valence-electron chi connectivity index (χ0n) is 10.1. The number of cyclic esters (lactones) is 1. The van der Waals surface area contributed by atoms with E-state index in [1.54, 1.807) is 12.1 Å². The number of fused-ring (bicyclic) bond motifs is 1. The summed E-state index contributed by atoms with van der Waals surface area (Å²) in [7, 11) is 0. The number of carbonyl (C=O) groups excluding carboxylic acids is 2. The van der Waals surface area contributed by atoms with Crippen LogP contribution in [-0.2, 0) is 20.7 Å². The van der Waals surface area contributed by atoms with Gasteiger partial charge in [-0.25, -0.2) is 0 Å². The Morgan fingerprint density at radius 3 is 2.72 bits per heavy atom. The number of aliphatic hydroxyl groups excluding tert-OH is 1. The second-order valence-corrected chi connectivity index (χ2v) is 4.39. The van der Waals surface area contributed by atoms with Gasteiger partial charge < -0.3 is 9.84 Å². The number of aliphatic hydroxyl groups is 1. The van der Waals surface area contributed by atoms with E-state index < -0.39 is 6.10 Å². The van der Waals surface area contributed by atoms with E-state index in [1.165, 1.54) is 0 Å². The van der Waals surface area contributed by atoms with Crippen LogP contribution in [0.2, 0.25) is 0 Å². The maximum Gasteiger partial charge on any atom is 0.306 e. The molecular formula is C14H16O4. The Balaban J connectivity index is 2.28. The molecule has 1 aromatic carbocycles. The summed E-state index contributed by atoms with van der Waals surface area (Å²) in [5.41, 5.74) is 1.44. The molecule has 96 valence electrons. The first-order chi connectivity index (χ1) is 8.68. The van der Waals surface area contributed by atoms with Crippen LogP contribution in [0.25, 0.3) is 0 Å². The number of ketones is 1. The minimum absolute atomic E-state index is 0.222. The molecule has 1 N–H and O–H groups in total. The van der Waals surface area contributed by atoms with Crippen LogP contribution >= 0.6 is 0 Å². The molecule has 1 atom stereocenters. The van der Waals surface area contributed by atoms with Gasteiger partial charge in [-0.1, -0.05) is 24.3 Å². The van der Waals surface area contributed by atoms with E-state index in [1.807, 2.05) is 12.1 Å². The van der Waals surface area contributed by atoms with Crippen LogP contribution in [0.15, 0.2) is 24.3 Å². The van der Waals surface area contributed by atoms with E-state index in [2.05, 4.69) is 0 Å². The highest BCUT2D eigenvalue weighted by molar-refractivity contribution is 5.84. The van der Waals surface area contributed by atoms with Crippen LogP contribution < -0.4 is 0 Å². The number of Topliss-reactive ketones (excluding diaryl/α,β-unsaturated/α-hetero) is 1.